The maximum Gasteiger partial charge on any atom is 0.121 e. The van der Waals surface area contributed by atoms with Crippen molar-refractivity contribution < 1.29 is 4.74 Å². The van der Waals surface area contributed by atoms with Gasteiger partial charge in [0.2, 0.25) is 0 Å². The van der Waals surface area contributed by atoms with Gasteiger partial charge in [0, 0.05) is 25.0 Å². The smallest absolute Gasteiger partial charge is 0.121 e. The van der Waals surface area contributed by atoms with Crippen LogP contribution in [0.5, 0.6) is 0 Å². The Labute approximate surface area is 99.6 Å². The van der Waals surface area contributed by atoms with Crippen LogP contribution < -0.4 is 5.73 Å². The van der Waals surface area contributed by atoms with Crippen LogP contribution in [-0.4, -0.2) is 21.6 Å². The summed E-state index contributed by atoms with van der Waals surface area (Å²) in [6, 6.07) is 1.77. The minimum atomic E-state index is 0.516. The normalized spacial score (nSPS) is 10.2. The molecule has 0 unspecified atom stereocenters. The number of aryl methyl sites for hydroxylation is 1. The van der Waals surface area contributed by atoms with Gasteiger partial charge in [0.15, 0.2) is 0 Å². The van der Waals surface area contributed by atoms with E-state index in [1.807, 2.05) is 17.8 Å². The molecule has 0 aliphatic rings. The fraction of sp³-hybridized carbons (Fsp3) is 0.167. The molecule has 2 rings (SSSR count). The molecule has 17 heavy (non-hydrogen) atoms. The molecule has 0 aromatic carbocycles. The molecule has 0 atom stereocenters. The Morgan fingerprint density at radius 3 is 2.82 bits per heavy atom. The Kier molecular flexibility index (Phi) is 2.82. The Hall–Kier alpha value is -2.30. The van der Waals surface area contributed by atoms with Gasteiger partial charge in [-0.25, -0.2) is 4.98 Å². The number of pyridine rings is 1. The molecule has 0 amide bonds. The van der Waals surface area contributed by atoms with Crippen molar-refractivity contribution in [2.24, 2.45) is 7.05 Å². The topological polar surface area (TPSA) is 66.0 Å². The van der Waals surface area contributed by atoms with Crippen LogP contribution in [0.25, 0.3) is 17.1 Å². The van der Waals surface area contributed by atoms with Gasteiger partial charge in [0.25, 0.3) is 0 Å². The quantitative estimate of drug-likeness (QED) is 0.815. The third-order valence-corrected chi connectivity index (χ3v) is 2.48. The standard InChI is InChI=1S/C12H14N4O/c1-8(17-3)9-4-5-14-12(11(9)13)10-6-16(2)7-15-10/h4-7H,1,13H2,2-3H3. The van der Waals surface area contributed by atoms with E-state index >= 15 is 0 Å². The van der Waals surface area contributed by atoms with E-state index in [4.69, 9.17) is 10.5 Å². The molecule has 2 aromatic heterocycles. The number of rotatable bonds is 3. The lowest BCUT2D eigenvalue weighted by molar-refractivity contribution is 0.371. The van der Waals surface area contributed by atoms with Crippen LogP contribution in [0, 0.1) is 0 Å². The van der Waals surface area contributed by atoms with Gasteiger partial charge in [-0.2, -0.15) is 0 Å². The second kappa shape index (κ2) is 4.29. The van der Waals surface area contributed by atoms with Crippen LogP contribution in [0.15, 0.2) is 31.4 Å². The van der Waals surface area contributed by atoms with E-state index in [9.17, 15) is 0 Å². The number of methoxy groups -OCH3 is 1. The van der Waals surface area contributed by atoms with Crippen molar-refractivity contribution in [1.82, 2.24) is 14.5 Å². The van der Waals surface area contributed by atoms with Crippen LogP contribution in [0.3, 0.4) is 0 Å². The lowest BCUT2D eigenvalue weighted by Crippen LogP contribution is -1.99. The fourth-order valence-electron chi connectivity index (χ4n) is 1.57. The highest BCUT2D eigenvalue weighted by atomic mass is 16.5. The summed E-state index contributed by atoms with van der Waals surface area (Å²) in [5, 5.41) is 0. The molecule has 0 bridgehead atoms. The van der Waals surface area contributed by atoms with Crippen LogP contribution >= 0.6 is 0 Å². The molecular weight excluding hydrogens is 216 g/mol. The van der Waals surface area contributed by atoms with E-state index in [1.165, 1.54) is 0 Å². The fourth-order valence-corrected chi connectivity index (χ4v) is 1.57. The summed E-state index contributed by atoms with van der Waals surface area (Å²) < 4.78 is 6.93. The first-order valence-electron chi connectivity index (χ1n) is 5.09. The van der Waals surface area contributed by atoms with Crippen LogP contribution in [0.2, 0.25) is 0 Å². The van der Waals surface area contributed by atoms with E-state index in [0.29, 0.717) is 17.1 Å². The summed E-state index contributed by atoms with van der Waals surface area (Å²) in [7, 11) is 3.45. The first-order valence-corrected chi connectivity index (χ1v) is 5.09. The molecule has 0 saturated carbocycles. The van der Waals surface area contributed by atoms with Gasteiger partial charge in [0.1, 0.15) is 17.1 Å². The van der Waals surface area contributed by atoms with Crippen molar-refractivity contribution in [1.29, 1.82) is 0 Å². The number of ether oxygens (including phenoxy) is 1. The number of hydrogen-bond donors (Lipinski definition) is 1. The molecule has 0 fully saturated rings. The van der Waals surface area contributed by atoms with E-state index in [0.717, 1.165) is 11.3 Å². The number of nitrogen functional groups attached to an aromatic ring is 1. The first-order chi connectivity index (χ1) is 8.13. The summed E-state index contributed by atoms with van der Waals surface area (Å²) in [6.45, 7) is 3.79. The largest absolute Gasteiger partial charge is 0.497 e. The molecule has 2 heterocycles. The van der Waals surface area contributed by atoms with Crippen molar-refractivity contribution >= 4 is 11.4 Å². The highest BCUT2D eigenvalue weighted by molar-refractivity contribution is 5.80. The highest BCUT2D eigenvalue weighted by Gasteiger charge is 2.12. The van der Waals surface area contributed by atoms with Crippen molar-refractivity contribution in [3.05, 3.63) is 36.9 Å². The molecule has 0 aliphatic carbocycles. The van der Waals surface area contributed by atoms with E-state index in [2.05, 4.69) is 16.5 Å². The van der Waals surface area contributed by atoms with Gasteiger partial charge in [-0.3, -0.25) is 4.98 Å². The number of hydrogen-bond acceptors (Lipinski definition) is 4. The molecule has 5 nitrogen and oxygen atoms in total. The summed E-state index contributed by atoms with van der Waals surface area (Å²) >= 11 is 0. The van der Waals surface area contributed by atoms with E-state index in [-0.39, 0.29) is 0 Å². The number of anilines is 1. The maximum atomic E-state index is 6.05. The zero-order chi connectivity index (χ0) is 12.4. The second-order valence-corrected chi connectivity index (χ2v) is 3.67. The van der Waals surface area contributed by atoms with Gasteiger partial charge < -0.3 is 15.0 Å². The molecule has 2 aromatic rings. The maximum absolute atomic E-state index is 6.05. The van der Waals surface area contributed by atoms with Gasteiger partial charge >= 0.3 is 0 Å². The molecule has 0 aliphatic heterocycles. The van der Waals surface area contributed by atoms with Crippen molar-refractivity contribution in [3.63, 3.8) is 0 Å². The van der Waals surface area contributed by atoms with Crippen LogP contribution in [-0.2, 0) is 11.8 Å². The van der Waals surface area contributed by atoms with E-state index < -0.39 is 0 Å². The van der Waals surface area contributed by atoms with Crippen LogP contribution in [0.4, 0.5) is 5.69 Å². The summed E-state index contributed by atoms with van der Waals surface area (Å²) in [6.07, 6.45) is 5.23. The molecule has 88 valence electrons. The second-order valence-electron chi connectivity index (χ2n) is 3.67. The van der Waals surface area contributed by atoms with Gasteiger partial charge in [-0.15, -0.1) is 0 Å². The Balaban J connectivity index is 2.53. The van der Waals surface area contributed by atoms with Gasteiger partial charge in [-0.1, -0.05) is 6.58 Å². The third-order valence-electron chi connectivity index (χ3n) is 2.48. The average Bonchev–Trinajstić information content (AvgIpc) is 2.75. The SMILES string of the molecule is C=C(OC)c1ccnc(-c2cn(C)cn2)c1N. The minimum absolute atomic E-state index is 0.516. The molecular formula is C12H14N4O. The molecule has 0 radical (unpaired) electrons. The van der Waals surface area contributed by atoms with Crippen molar-refractivity contribution in [2.45, 2.75) is 0 Å². The van der Waals surface area contributed by atoms with E-state index in [1.54, 1.807) is 25.7 Å². The molecule has 0 spiro atoms. The number of nitrogens with zero attached hydrogens (tertiary/aromatic N) is 3. The summed E-state index contributed by atoms with van der Waals surface area (Å²) in [5.41, 5.74) is 8.69. The third kappa shape index (κ3) is 1.99. The lowest BCUT2D eigenvalue weighted by Gasteiger charge is -2.09. The zero-order valence-corrected chi connectivity index (χ0v) is 9.84. The summed E-state index contributed by atoms with van der Waals surface area (Å²) in [5.74, 6) is 0.516. The number of imidazole rings is 1. The van der Waals surface area contributed by atoms with Crippen molar-refractivity contribution in [3.8, 4) is 11.4 Å². The zero-order valence-electron chi connectivity index (χ0n) is 9.84. The number of nitrogens with two attached hydrogens (primary N) is 1. The van der Waals surface area contributed by atoms with Crippen LogP contribution in [0.1, 0.15) is 5.56 Å². The predicted octanol–water partition coefficient (Wildman–Crippen LogP) is 1.68. The molecule has 2 N–H and O–H groups in total. The van der Waals surface area contributed by atoms with Gasteiger partial charge in [0.05, 0.1) is 19.1 Å². The number of aromatic nitrogens is 3. The average molecular weight is 230 g/mol. The minimum Gasteiger partial charge on any atom is -0.497 e. The first kappa shape index (κ1) is 11.2. The molecule has 5 heteroatoms. The summed E-state index contributed by atoms with van der Waals surface area (Å²) in [4.78, 5) is 8.46. The Bertz CT molecular complexity index is 559. The highest BCUT2D eigenvalue weighted by Crippen LogP contribution is 2.28. The van der Waals surface area contributed by atoms with Crippen molar-refractivity contribution in [2.75, 3.05) is 12.8 Å². The predicted molar refractivity (Wildman–Crippen MR) is 66.9 cm³/mol. The monoisotopic (exact) mass is 230 g/mol. The van der Waals surface area contributed by atoms with Gasteiger partial charge in [-0.05, 0) is 6.07 Å². The molecule has 0 saturated heterocycles. The Morgan fingerprint density at radius 2 is 2.24 bits per heavy atom. The lowest BCUT2D eigenvalue weighted by atomic mass is 10.1. The Morgan fingerprint density at radius 1 is 1.47 bits per heavy atom.